The molecule has 1 aliphatic heterocycles. The Kier molecular flexibility index (Phi) is 5.94. The topological polar surface area (TPSA) is 52.6 Å². The highest BCUT2D eigenvalue weighted by atomic mass is 15.2. The molecule has 5 heteroatoms. The van der Waals surface area contributed by atoms with Crippen molar-refractivity contribution in [2.75, 3.05) is 25.0 Å². The quantitative estimate of drug-likeness (QED) is 0.527. The van der Waals surface area contributed by atoms with Crippen LogP contribution in [-0.2, 0) is 6.54 Å². The molecule has 0 spiro atoms. The minimum Gasteiger partial charge on any atom is -0.356 e. The largest absolute Gasteiger partial charge is 0.356 e. The van der Waals surface area contributed by atoms with E-state index < -0.39 is 0 Å². The molecular formula is C24H29N5. The monoisotopic (exact) mass is 387 g/mol. The molecular weight excluding hydrogens is 358 g/mol. The van der Waals surface area contributed by atoms with Crippen LogP contribution in [0.1, 0.15) is 24.0 Å². The number of aryl methyl sites for hydroxylation is 1. The standard InChI is InChI=1S/C24H29N5/c1-18-10-11-23(26-16-18)29-14-12-21(13-15-29)28-24(25-2)27-17-20-8-5-7-19-6-3-4-9-22(19)20/h3-11,16,21H,12-15,17H2,1-2H3,(H2,25,27,28). The average Bonchev–Trinajstić information content (AvgIpc) is 2.77. The van der Waals surface area contributed by atoms with Crippen molar-refractivity contribution in [3.05, 3.63) is 71.9 Å². The van der Waals surface area contributed by atoms with Gasteiger partial charge in [0.05, 0.1) is 0 Å². The van der Waals surface area contributed by atoms with E-state index in [2.05, 4.69) is 87.0 Å². The summed E-state index contributed by atoms with van der Waals surface area (Å²) >= 11 is 0. The Morgan fingerprint density at radius 1 is 1.07 bits per heavy atom. The Morgan fingerprint density at radius 3 is 2.62 bits per heavy atom. The van der Waals surface area contributed by atoms with Crippen molar-refractivity contribution in [1.29, 1.82) is 0 Å². The third kappa shape index (κ3) is 4.67. The van der Waals surface area contributed by atoms with E-state index in [0.717, 1.165) is 44.3 Å². The van der Waals surface area contributed by atoms with Gasteiger partial charge in [0.25, 0.3) is 0 Å². The molecule has 2 N–H and O–H groups in total. The van der Waals surface area contributed by atoms with Gasteiger partial charge >= 0.3 is 0 Å². The van der Waals surface area contributed by atoms with Crippen LogP contribution in [0.25, 0.3) is 10.8 Å². The second-order valence-electron chi connectivity index (χ2n) is 7.66. The summed E-state index contributed by atoms with van der Waals surface area (Å²) in [5.41, 5.74) is 2.48. The molecule has 1 fully saturated rings. The number of guanidine groups is 1. The van der Waals surface area contributed by atoms with Crippen molar-refractivity contribution in [2.24, 2.45) is 4.99 Å². The molecule has 2 heterocycles. The van der Waals surface area contributed by atoms with Crippen LogP contribution in [0, 0.1) is 6.92 Å². The summed E-state index contributed by atoms with van der Waals surface area (Å²) in [4.78, 5) is 11.4. The second-order valence-corrected chi connectivity index (χ2v) is 7.66. The SMILES string of the molecule is CN=C(NCc1cccc2ccccc12)NC1CCN(c2ccc(C)cn2)CC1. The Labute approximate surface area is 172 Å². The Hall–Kier alpha value is -3.08. The summed E-state index contributed by atoms with van der Waals surface area (Å²) in [6.45, 7) is 4.85. The maximum Gasteiger partial charge on any atom is 0.191 e. The summed E-state index contributed by atoms with van der Waals surface area (Å²) < 4.78 is 0. The van der Waals surface area contributed by atoms with Crippen molar-refractivity contribution in [3.63, 3.8) is 0 Å². The molecule has 0 saturated carbocycles. The van der Waals surface area contributed by atoms with Crippen molar-refractivity contribution < 1.29 is 0 Å². The maximum absolute atomic E-state index is 4.56. The van der Waals surface area contributed by atoms with Crippen molar-refractivity contribution >= 4 is 22.5 Å². The molecule has 0 unspecified atom stereocenters. The molecule has 1 aliphatic rings. The predicted molar refractivity (Wildman–Crippen MR) is 121 cm³/mol. The van der Waals surface area contributed by atoms with Gasteiger partial charge in [0.2, 0.25) is 0 Å². The normalized spacial score (nSPS) is 15.5. The number of aliphatic imine (C=N–C) groups is 1. The number of pyridine rings is 1. The molecule has 0 aliphatic carbocycles. The fourth-order valence-electron chi connectivity index (χ4n) is 3.91. The summed E-state index contributed by atoms with van der Waals surface area (Å²) in [6, 6.07) is 19.6. The molecule has 4 rings (SSSR count). The zero-order chi connectivity index (χ0) is 20.1. The average molecular weight is 388 g/mol. The van der Waals surface area contributed by atoms with Crippen LogP contribution >= 0.6 is 0 Å². The van der Waals surface area contributed by atoms with E-state index in [1.165, 1.54) is 21.9 Å². The third-order valence-electron chi connectivity index (χ3n) is 5.61. The zero-order valence-electron chi connectivity index (χ0n) is 17.2. The van der Waals surface area contributed by atoms with Gasteiger partial charge in [-0.2, -0.15) is 0 Å². The van der Waals surface area contributed by atoms with Crippen LogP contribution in [0.3, 0.4) is 0 Å². The van der Waals surface area contributed by atoms with E-state index >= 15 is 0 Å². The first kappa shape index (κ1) is 19.2. The summed E-state index contributed by atoms with van der Waals surface area (Å²) in [5, 5.41) is 9.64. The van der Waals surface area contributed by atoms with Gasteiger partial charge in [-0.05, 0) is 47.7 Å². The highest BCUT2D eigenvalue weighted by Crippen LogP contribution is 2.19. The van der Waals surface area contributed by atoms with Crippen LogP contribution < -0.4 is 15.5 Å². The number of aromatic nitrogens is 1. The molecule has 0 amide bonds. The van der Waals surface area contributed by atoms with E-state index in [1.54, 1.807) is 0 Å². The van der Waals surface area contributed by atoms with Gasteiger partial charge in [-0.15, -0.1) is 0 Å². The molecule has 2 aromatic carbocycles. The molecule has 0 radical (unpaired) electrons. The zero-order valence-corrected chi connectivity index (χ0v) is 17.2. The lowest BCUT2D eigenvalue weighted by Gasteiger charge is -2.33. The summed E-state index contributed by atoms with van der Waals surface area (Å²) in [6.07, 6.45) is 4.09. The Morgan fingerprint density at radius 2 is 1.86 bits per heavy atom. The van der Waals surface area contributed by atoms with Gasteiger partial charge in [0, 0.05) is 38.9 Å². The van der Waals surface area contributed by atoms with Crippen LogP contribution in [0.5, 0.6) is 0 Å². The number of piperidine rings is 1. The molecule has 1 aromatic heterocycles. The van der Waals surface area contributed by atoms with Crippen LogP contribution in [0.4, 0.5) is 5.82 Å². The highest BCUT2D eigenvalue weighted by molar-refractivity contribution is 5.86. The number of rotatable bonds is 4. The number of fused-ring (bicyclic) bond motifs is 1. The Bertz CT molecular complexity index is 967. The van der Waals surface area contributed by atoms with Crippen molar-refractivity contribution in [2.45, 2.75) is 32.4 Å². The van der Waals surface area contributed by atoms with Gasteiger partial charge < -0.3 is 15.5 Å². The van der Waals surface area contributed by atoms with Crippen LogP contribution in [-0.4, -0.2) is 37.1 Å². The predicted octanol–water partition coefficient (Wildman–Crippen LogP) is 3.88. The Balaban J connectivity index is 1.31. The van der Waals surface area contributed by atoms with Gasteiger partial charge in [-0.1, -0.05) is 48.5 Å². The fraction of sp³-hybridized carbons (Fsp3) is 0.333. The molecule has 150 valence electrons. The van der Waals surface area contributed by atoms with Crippen LogP contribution in [0.15, 0.2) is 65.8 Å². The smallest absolute Gasteiger partial charge is 0.191 e. The van der Waals surface area contributed by atoms with Crippen molar-refractivity contribution in [3.8, 4) is 0 Å². The lowest BCUT2D eigenvalue weighted by molar-refractivity contribution is 0.459. The van der Waals surface area contributed by atoms with Crippen LogP contribution in [0.2, 0.25) is 0 Å². The van der Waals surface area contributed by atoms with E-state index in [0.29, 0.717) is 6.04 Å². The molecule has 0 bridgehead atoms. The molecule has 5 nitrogen and oxygen atoms in total. The number of hydrogen-bond acceptors (Lipinski definition) is 3. The first-order valence-corrected chi connectivity index (χ1v) is 10.3. The van der Waals surface area contributed by atoms with E-state index in [-0.39, 0.29) is 0 Å². The first-order valence-electron chi connectivity index (χ1n) is 10.3. The number of anilines is 1. The van der Waals surface area contributed by atoms with Crippen molar-refractivity contribution in [1.82, 2.24) is 15.6 Å². The van der Waals surface area contributed by atoms with Gasteiger partial charge in [0.15, 0.2) is 5.96 Å². The lowest BCUT2D eigenvalue weighted by atomic mass is 10.0. The van der Waals surface area contributed by atoms with E-state index in [9.17, 15) is 0 Å². The summed E-state index contributed by atoms with van der Waals surface area (Å²) in [7, 11) is 1.84. The van der Waals surface area contributed by atoms with Gasteiger partial charge in [0.1, 0.15) is 5.82 Å². The third-order valence-corrected chi connectivity index (χ3v) is 5.61. The first-order chi connectivity index (χ1) is 14.2. The maximum atomic E-state index is 4.56. The van der Waals surface area contributed by atoms with E-state index in [1.807, 2.05) is 13.2 Å². The minimum absolute atomic E-state index is 0.426. The fourth-order valence-corrected chi connectivity index (χ4v) is 3.91. The number of nitrogens with one attached hydrogen (secondary N) is 2. The van der Waals surface area contributed by atoms with Gasteiger partial charge in [-0.25, -0.2) is 4.98 Å². The molecule has 3 aromatic rings. The van der Waals surface area contributed by atoms with Gasteiger partial charge in [-0.3, -0.25) is 4.99 Å². The van der Waals surface area contributed by atoms with E-state index in [4.69, 9.17) is 0 Å². The lowest BCUT2D eigenvalue weighted by Crippen LogP contribution is -2.48. The highest BCUT2D eigenvalue weighted by Gasteiger charge is 2.20. The minimum atomic E-state index is 0.426. The number of hydrogen-bond donors (Lipinski definition) is 2. The molecule has 0 atom stereocenters. The number of benzene rings is 2. The molecule has 29 heavy (non-hydrogen) atoms. The summed E-state index contributed by atoms with van der Waals surface area (Å²) in [5.74, 6) is 1.94. The number of nitrogens with zero attached hydrogens (tertiary/aromatic N) is 3. The molecule has 1 saturated heterocycles. The second kappa shape index (κ2) is 8.95.